The van der Waals surface area contributed by atoms with Gasteiger partial charge < -0.3 is 9.32 Å². The van der Waals surface area contributed by atoms with Crippen molar-refractivity contribution in [3.8, 4) is 0 Å². The molecule has 2 heterocycles. The second kappa shape index (κ2) is 6.85. The Balaban J connectivity index is 1.62. The number of sulfone groups is 1. The van der Waals surface area contributed by atoms with Gasteiger partial charge in [-0.25, -0.2) is 8.42 Å². The van der Waals surface area contributed by atoms with Gasteiger partial charge in [0.2, 0.25) is 0 Å². The summed E-state index contributed by atoms with van der Waals surface area (Å²) < 4.78 is 29.1. The van der Waals surface area contributed by atoms with Crippen LogP contribution in [0.15, 0.2) is 33.2 Å². The topological polar surface area (TPSA) is 70.8 Å². The van der Waals surface area contributed by atoms with Crippen molar-refractivity contribution < 1.29 is 17.6 Å². The number of piperazine rings is 1. The van der Waals surface area contributed by atoms with E-state index in [1.54, 1.807) is 11.0 Å². The summed E-state index contributed by atoms with van der Waals surface area (Å²) in [7, 11) is -2.96. The van der Waals surface area contributed by atoms with E-state index < -0.39 is 9.84 Å². The van der Waals surface area contributed by atoms with Crippen molar-refractivity contribution in [2.75, 3.05) is 44.7 Å². The molecule has 1 amide bonds. The van der Waals surface area contributed by atoms with Crippen LogP contribution in [0.1, 0.15) is 10.6 Å². The predicted octanol–water partition coefficient (Wildman–Crippen LogP) is 2.00. The molecule has 130 valence electrons. The number of amides is 1. The number of furan rings is 1. The average molecular weight is 415 g/mol. The molecule has 6 nitrogen and oxygen atoms in total. The van der Waals surface area contributed by atoms with Crippen molar-refractivity contribution in [3.63, 3.8) is 0 Å². The fourth-order valence-electron chi connectivity index (χ4n) is 2.74. The number of carbonyl (C=O) groups is 1. The molecule has 1 fully saturated rings. The normalized spacial score (nSPS) is 16.7. The first-order valence-electron chi connectivity index (χ1n) is 7.70. The Bertz CT molecular complexity index is 854. The van der Waals surface area contributed by atoms with Crippen molar-refractivity contribution in [1.29, 1.82) is 0 Å². The summed E-state index contributed by atoms with van der Waals surface area (Å²) >= 11 is 3.41. The number of nitrogens with zero attached hydrogens (tertiary/aromatic N) is 2. The minimum Gasteiger partial charge on any atom is -0.451 e. The monoisotopic (exact) mass is 414 g/mol. The summed E-state index contributed by atoms with van der Waals surface area (Å²) in [5.41, 5.74) is 0.688. The van der Waals surface area contributed by atoms with Gasteiger partial charge in [-0.1, -0.05) is 15.9 Å². The third-order valence-corrected chi connectivity index (χ3v) is 5.54. The highest BCUT2D eigenvalue weighted by Gasteiger charge is 2.24. The molecule has 0 unspecified atom stereocenters. The maximum atomic E-state index is 12.6. The zero-order chi connectivity index (χ0) is 17.3. The van der Waals surface area contributed by atoms with Crippen LogP contribution >= 0.6 is 15.9 Å². The van der Waals surface area contributed by atoms with Gasteiger partial charge >= 0.3 is 0 Å². The number of carbonyl (C=O) groups excluding carboxylic acids is 1. The molecule has 0 bridgehead atoms. The molecule has 0 N–H and O–H groups in total. The molecule has 0 aliphatic carbocycles. The molecule has 0 radical (unpaired) electrons. The van der Waals surface area contributed by atoms with Crippen LogP contribution in [0.3, 0.4) is 0 Å². The molecule has 1 aliphatic heterocycles. The molecular formula is C16H19BrN2O4S. The van der Waals surface area contributed by atoms with Crippen LogP contribution in [0, 0.1) is 0 Å². The van der Waals surface area contributed by atoms with E-state index in [4.69, 9.17) is 4.42 Å². The predicted molar refractivity (Wildman–Crippen MR) is 96.0 cm³/mol. The lowest BCUT2D eigenvalue weighted by Crippen LogP contribution is -2.49. The van der Waals surface area contributed by atoms with Gasteiger partial charge in [0.05, 0.1) is 5.75 Å². The Kier molecular flexibility index (Phi) is 4.98. The second-order valence-electron chi connectivity index (χ2n) is 6.06. The summed E-state index contributed by atoms with van der Waals surface area (Å²) in [5.74, 6) is 0.372. The van der Waals surface area contributed by atoms with Crippen LogP contribution < -0.4 is 0 Å². The van der Waals surface area contributed by atoms with Crippen LogP contribution in [0.2, 0.25) is 0 Å². The fourth-order valence-corrected chi connectivity index (χ4v) is 3.71. The van der Waals surface area contributed by atoms with E-state index in [2.05, 4.69) is 20.8 Å². The number of rotatable bonds is 4. The molecule has 1 saturated heterocycles. The van der Waals surface area contributed by atoms with Crippen molar-refractivity contribution in [2.45, 2.75) is 0 Å². The van der Waals surface area contributed by atoms with Crippen LogP contribution in [0.4, 0.5) is 0 Å². The van der Waals surface area contributed by atoms with Gasteiger partial charge in [0.15, 0.2) is 5.76 Å². The second-order valence-corrected chi connectivity index (χ2v) is 9.23. The quantitative estimate of drug-likeness (QED) is 0.764. The van der Waals surface area contributed by atoms with Crippen LogP contribution in [-0.2, 0) is 9.84 Å². The summed E-state index contributed by atoms with van der Waals surface area (Å²) in [6.45, 7) is 3.01. The minimum atomic E-state index is -2.96. The minimum absolute atomic E-state index is 0.120. The molecule has 1 aromatic heterocycles. The lowest BCUT2D eigenvalue weighted by molar-refractivity contribution is 0.0615. The number of hydrogen-bond acceptors (Lipinski definition) is 5. The summed E-state index contributed by atoms with van der Waals surface area (Å²) in [5, 5.41) is 0.888. The van der Waals surface area contributed by atoms with Gasteiger partial charge in [0, 0.05) is 48.8 Å². The maximum Gasteiger partial charge on any atom is 0.289 e. The fraction of sp³-hybridized carbons (Fsp3) is 0.438. The summed E-state index contributed by atoms with van der Waals surface area (Å²) in [4.78, 5) is 16.4. The number of halogens is 1. The van der Waals surface area contributed by atoms with Crippen molar-refractivity contribution in [2.24, 2.45) is 0 Å². The molecule has 24 heavy (non-hydrogen) atoms. The number of benzene rings is 1. The molecule has 2 aromatic rings. The van der Waals surface area contributed by atoms with E-state index in [-0.39, 0.29) is 11.7 Å². The van der Waals surface area contributed by atoms with Crippen molar-refractivity contribution in [3.05, 3.63) is 34.5 Å². The number of fused-ring (bicyclic) bond motifs is 1. The summed E-state index contributed by atoms with van der Waals surface area (Å²) in [6, 6.07) is 7.39. The van der Waals surface area contributed by atoms with Crippen LogP contribution in [0.5, 0.6) is 0 Å². The Morgan fingerprint density at radius 3 is 2.58 bits per heavy atom. The van der Waals surface area contributed by atoms with Crippen LogP contribution in [-0.4, -0.2) is 68.9 Å². The van der Waals surface area contributed by atoms with Gasteiger partial charge in [-0.15, -0.1) is 0 Å². The Morgan fingerprint density at radius 1 is 1.21 bits per heavy atom. The first kappa shape index (κ1) is 17.4. The molecule has 8 heteroatoms. The molecular weight excluding hydrogens is 396 g/mol. The molecule has 0 atom stereocenters. The number of hydrogen-bond donors (Lipinski definition) is 0. The zero-order valence-electron chi connectivity index (χ0n) is 13.4. The standard InChI is InChI=1S/C16H19BrN2O4S/c1-24(21,22)9-8-18-4-6-19(7-5-18)16(20)15-11-12-10-13(17)2-3-14(12)23-15/h2-3,10-11H,4-9H2,1H3. The van der Waals surface area contributed by atoms with Gasteiger partial charge in [0.1, 0.15) is 15.4 Å². The molecule has 0 saturated carbocycles. The third kappa shape index (κ3) is 4.17. The highest BCUT2D eigenvalue weighted by molar-refractivity contribution is 9.10. The van der Waals surface area contributed by atoms with Crippen molar-refractivity contribution in [1.82, 2.24) is 9.80 Å². The van der Waals surface area contributed by atoms with Gasteiger partial charge in [-0.2, -0.15) is 0 Å². The van der Waals surface area contributed by atoms with E-state index >= 15 is 0 Å². The molecule has 1 aliphatic rings. The molecule has 0 spiro atoms. The largest absolute Gasteiger partial charge is 0.451 e. The molecule has 1 aromatic carbocycles. The van der Waals surface area contributed by atoms with E-state index in [0.29, 0.717) is 44.1 Å². The smallest absolute Gasteiger partial charge is 0.289 e. The lowest BCUT2D eigenvalue weighted by atomic mass is 10.2. The summed E-state index contributed by atoms with van der Waals surface area (Å²) in [6.07, 6.45) is 1.24. The highest BCUT2D eigenvalue weighted by Crippen LogP contribution is 2.24. The van der Waals surface area contributed by atoms with Crippen molar-refractivity contribution >= 4 is 42.6 Å². The Labute approximate surface area is 149 Å². The first-order chi connectivity index (χ1) is 11.3. The van der Waals surface area contributed by atoms with E-state index in [1.165, 1.54) is 6.26 Å². The maximum absolute atomic E-state index is 12.6. The molecule has 3 rings (SSSR count). The van der Waals surface area contributed by atoms with Gasteiger partial charge in [0.25, 0.3) is 5.91 Å². The first-order valence-corrected chi connectivity index (χ1v) is 10.6. The Morgan fingerprint density at radius 2 is 1.92 bits per heavy atom. The Hall–Kier alpha value is -1.38. The van der Waals surface area contributed by atoms with Gasteiger partial charge in [-0.3, -0.25) is 9.69 Å². The highest BCUT2D eigenvalue weighted by atomic mass is 79.9. The van der Waals surface area contributed by atoms with Gasteiger partial charge in [-0.05, 0) is 24.3 Å². The van der Waals surface area contributed by atoms with E-state index in [1.807, 2.05) is 18.2 Å². The average Bonchev–Trinajstić information content (AvgIpc) is 2.95. The van der Waals surface area contributed by atoms with E-state index in [9.17, 15) is 13.2 Å². The SMILES string of the molecule is CS(=O)(=O)CCN1CCN(C(=O)c2cc3cc(Br)ccc3o2)CC1. The van der Waals surface area contributed by atoms with Crippen LogP contribution in [0.25, 0.3) is 11.0 Å². The lowest BCUT2D eigenvalue weighted by Gasteiger charge is -2.34. The zero-order valence-corrected chi connectivity index (χ0v) is 15.8. The van der Waals surface area contributed by atoms with E-state index in [0.717, 1.165) is 9.86 Å². The third-order valence-electron chi connectivity index (χ3n) is 4.13.